The van der Waals surface area contributed by atoms with Crippen molar-refractivity contribution in [1.29, 1.82) is 0 Å². The molecule has 102 valence electrons. The molecule has 0 saturated carbocycles. The van der Waals surface area contributed by atoms with Crippen LogP contribution >= 0.6 is 11.6 Å². The van der Waals surface area contributed by atoms with Crippen LogP contribution in [0.4, 0.5) is 4.39 Å². The van der Waals surface area contributed by atoms with E-state index < -0.39 is 5.82 Å². The summed E-state index contributed by atoms with van der Waals surface area (Å²) in [7, 11) is 0. The Morgan fingerprint density at radius 3 is 2.72 bits per heavy atom. The minimum Gasteiger partial charge on any atom is -0.491 e. The highest BCUT2D eigenvalue weighted by Gasteiger charge is 2.06. The van der Waals surface area contributed by atoms with Crippen molar-refractivity contribution >= 4 is 11.6 Å². The van der Waals surface area contributed by atoms with Crippen LogP contribution in [0, 0.1) is 5.82 Å². The largest absolute Gasteiger partial charge is 0.491 e. The first-order valence-corrected chi connectivity index (χ1v) is 6.16. The molecule has 18 heavy (non-hydrogen) atoms. The van der Waals surface area contributed by atoms with Gasteiger partial charge in [0.25, 0.3) is 0 Å². The molecule has 3 N–H and O–H groups in total. The van der Waals surface area contributed by atoms with Crippen molar-refractivity contribution in [2.75, 3.05) is 39.4 Å². The summed E-state index contributed by atoms with van der Waals surface area (Å²) < 4.78 is 18.3. The van der Waals surface area contributed by atoms with E-state index in [9.17, 15) is 4.39 Å². The molecule has 1 rings (SSSR count). The Morgan fingerprint density at radius 1 is 1.33 bits per heavy atom. The molecule has 0 aliphatic rings. The molecular formula is C12H18ClFN2O2. The Hall–Kier alpha value is -0.880. The maximum atomic E-state index is 12.8. The van der Waals surface area contributed by atoms with Crippen molar-refractivity contribution in [3.8, 4) is 5.75 Å². The molecule has 0 aromatic heterocycles. The first kappa shape index (κ1) is 15.2. The van der Waals surface area contributed by atoms with Gasteiger partial charge in [-0.15, -0.1) is 0 Å². The average molecular weight is 277 g/mol. The van der Waals surface area contributed by atoms with E-state index in [0.717, 1.165) is 0 Å². The number of hydrogen-bond donors (Lipinski definition) is 2. The van der Waals surface area contributed by atoms with Gasteiger partial charge in [0.1, 0.15) is 18.2 Å². The van der Waals surface area contributed by atoms with Gasteiger partial charge in [-0.25, -0.2) is 4.39 Å². The zero-order valence-electron chi connectivity index (χ0n) is 10.1. The highest BCUT2D eigenvalue weighted by molar-refractivity contribution is 6.32. The molecule has 0 atom stereocenters. The molecule has 1 aromatic carbocycles. The van der Waals surface area contributed by atoms with Crippen LogP contribution in [0.3, 0.4) is 0 Å². The fraction of sp³-hybridized carbons (Fsp3) is 0.500. The summed E-state index contributed by atoms with van der Waals surface area (Å²) in [4.78, 5) is 1.98. The Labute approximate surface area is 111 Å². The summed E-state index contributed by atoms with van der Waals surface area (Å²) in [5.74, 6) is 0.0622. The van der Waals surface area contributed by atoms with E-state index in [4.69, 9.17) is 27.2 Å². The smallest absolute Gasteiger partial charge is 0.138 e. The van der Waals surface area contributed by atoms with Crippen molar-refractivity contribution in [2.45, 2.75) is 0 Å². The van der Waals surface area contributed by atoms with E-state index in [1.165, 1.54) is 18.2 Å². The molecule has 0 amide bonds. The van der Waals surface area contributed by atoms with Crippen LogP contribution in [0.15, 0.2) is 18.2 Å². The molecule has 4 nitrogen and oxygen atoms in total. The van der Waals surface area contributed by atoms with Gasteiger partial charge < -0.3 is 15.6 Å². The Bertz CT molecular complexity index is 360. The lowest BCUT2D eigenvalue weighted by Gasteiger charge is -2.20. The Kier molecular flexibility index (Phi) is 6.97. The molecule has 0 spiro atoms. The molecule has 0 unspecified atom stereocenters. The zero-order chi connectivity index (χ0) is 13.4. The summed E-state index contributed by atoms with van der Waals surface area (Å²) >= 11 is 5.83. The second-order valence-corrected chi connectivity index (χ2v) is 4.18. The van der Waals surface area contributed by atoms with Gasteiger partial charge in [-0.3, -0.25) is 4.90 Å². The Morgan fingerprint density at radius 2 is 2.11 bits per heavy atom. The molecule has 0 aliphatic carbocycles. The fourth-order valence-corrected chi connectivity index (χ4v) is 1.76. The predicted molar refractivity (Wildman–Crippen MR) is 69.5 cm³/mol. The maximum Gasteiger partial charge on any atom is 0.138 e. The third kappa shape index (κ3) is 5.18. The van der Waals surface area contributed by atoms with E-state index >= 15 is 0 Å². The lowest BCUT2D eigenvalue weighted by molar-refractivity contribution is 0.171. The lowest BCUT2D eigenvalue weighted by atomic mass is 10.3. The molecule has 1 aromatic rings. The zero-order valence-corrected chi connectivity index (χ0v) is 10.9. The van der Waals surface area contributed by atoms with Crippen molar-refractivity contribution in [3.63, 3.8) is 0 Å². The number of benzene rings is 1. The van der Waals surface area contributed by atoms with Gasteiger partial charge in [0, 0.05) is 26.2 Å². The van der Waals surface area contributed by atoms with Crippen molar-refractivity contribution in [2.24, 2.45) is 5.73 Å². The number of hydrogen-bond acceptors (Lipinski definition) is 4. The third-order valence-corrected chi connectivity index (χ3v) is 2.72. The number of nitrogens with two attached hydrogens (primary N) is 1. The van der Waals surface area contributed by atoms with E-state index in [1.807, 2.05) is 4.90 Å². The second-order valence-electron chi connectivity index (χ2n) is 3.78. The number of ether oxygens (including phenoxy) is 1. The normalized spacial score (nSPS) is 10.9. The average Bonchev–Trinajstić information content (AvgIpc) is 2.32. The summed E-state index contributed by atoms with van der Waals surface area (Å²) in [6.45, 7) is 2.89. The van der Waals surface area contributed by atoms with Gasteiger partial charge in [0.2, 0.25) is 0 Å². The molecule has 0 aliphatic heterocycles. The summed E-state index contributed by atoms with van der Waals surface area (Å²) in [6.07, 6.45) is 0. The van der Waals surface area contributed by atoms with E-state index in [2.05, 4.69) is 0 Å². The molecule has 0 bridgehead atoms. The monoisotopic (exact) mass is 276 g/mol. The van der Waals surface area contributed by atoms with Crippen LogP contribution in [0.5, 0.6) is 5.75 Å². The summed E-state index contributed by atoms with van der Waals surface area (Å²) in [5.41, 5.74) is 5.46. The highest BCUT2D eigenvalue weighted by Crippen LogP contribution is 2.24. The fourth-order valence-electron chi connectivity index (χ4n) is 1.54. The van der Waals surface area contributed by atoms with Crippen LogP contribution in [-0.4, -0.2) is 49.4 Å². The first-order valence-electron chi connectivity index (χ1n) is 5.78. The molecular weight excluding hydrogens is 259 g/mol. The van der Waals surface area contributed by atoms with Crippen LogP contribution in [0.1, 0.15) is 0 Å². The summed E-state index contributed by atoms with van der Waals surface area (Å²) in [6, 6.07) is 4.01. The summed E-state index contributed by atoms with van der Waals surface area (Å²) in [5, 5.41) is 9.12. The topological polar surface area (TPSA) is 58.7 Å². The SMILES string of the molecule is NCCN(CCO)CCOc1ccc(F)cc1Cl. The maximum absolute atomic E-state index is 12.8. The molecule has 6 heteroatoms. The van der Waals surface area contributed by atoms with Crippen molar-refractivity contribution in [1.82, 2.24) is 4.90 Å². The lowest BCUT2D eigenvalue weighted by Crippen LogP contribution is -2.35. The van der Waals surface area contributed by atoms with E-state index in [1.54, 1.807) is 0 Å². The number of rotatable bonds is 8. The van der Waals surface area contributed by atoms with Gasteiger partial charge in [-0.05, 0) is 18.2 Å². The van der Waals surface area contributed by atoms with Gasteiger partial charge in [0.05, 0.1) is 11.6 Å². The number of aliphatic hydroxyl groups is 1. The van der Waals surface area contributed by atoms with Gasteiger partial charge in [0.15, 0.2) is 0 Å². The van der Waals surface area contributed by atoms with E-state index in [-0.39, 0.29) is 11.6 Å². The standard InChI is InChI=1S/C12H18ClFN2O2/c13-11-9-10(14)1-2-12(11)18-8-6-16(4-3-15)5-7-17/h1-2,9,17H,3-8,15H2. The van der Waals surface area contributed by atoms with Crippen LogP contribution in [0.2, 0.25) is 5.02 Å². The van der Waals surface area contributed by atoms with Gasteiger partial charge in [-0.2, -0.15) is 0 Å². The molecule has 0 fully saturated rings. The minimum atomic E-state index is -0.391. The molecule has 0 radical (unpaired) electrons. The van der Waals surface area contributed by atoms with Crippen LogP contribution < -0.4 is 10.5 Å². The number of aliphatic hydroxyl groups excluding tert-OH is 1. The van der Waals surface area contributed by atoms with Crippen molar-refractivity contribution in [3.05, 3.63) is 29.0 Å². The van der Waals surface area contributed by atoms with Crippen molar-refractivity contribution < 1.29 is 14.2 Å². The quantitative estimate of drug-likeness (QED) is 0.747. The van der Waals surface area contributed by atoms with Crippen LogP contribution in [0.25, 0.3) is 0 Å². The second kappa shape index (κ2) is 8.26. The number of halogens is 2. The predicted octanol–water partition coefficient (Wildman–Crippen LogP) is 1.11. The van der Waals surface area contributed by atoms with Gasteiger partial charge in [-0.1, -0.05) is 11.6 Å². The highest BCUT2D eigenvalue weighted by atomic mass is 35.5. The Balaban J connectivity index is 2.39. The molecule has 0 saturated heterocycles. The van der Waals surface area contributed by atoms with Crippen LogP contribution in [-0.2, 0) is 0 Å². The molecule has 0 heterocycles. The third-order valence-electron chi connectivity index (χ3n) is 2.42. The van der Waals surface area contributed by atoms with E-state index in [0.29, 0.717) is 38.5 Å². The number of nitrogens with zero attached hydrogens (tertiary/aromatic N) is 1. The first-order chi connectivity index (χ1) is 8.67. The minimum absolute atomic E-state index is 0.0807. The van der Waals surface area contributed by atoms with Gasteiger partial charge >= 0.3 is 0 Å².